The van der Waals surface area contributed by atoms with Crippen molar-refractivity contribution in [2.45, 2.75) is 33.6 Å². The highest BCUT2D eigenvalue weighted by molar-refractivity contribution is 5.72. The first-order valence-electron chi connectivity index (χ1n) is 6.98. The zero-order valence-corrected chi connectivity index (χ0v) is 12.6. The first-order chi connectivity index (χ1) is 9.47. The number of esters is 1. The summed E-state index contributed by atoms with van der Waals surface area (Å²) in [6.07, 6.45) is 9.25. The molecule has 0 saturated heterocycles. The van der Waals surface area contributed by atoms with E-state index >= 15 is 0 Å². The third-order valence-corrected chi connectivity index (χ3v) is 2.65. The van der Waals surface area contributed by atoms with E-state index < -0.39 is 0 Å². The number of benzene rings is 1. The van der Waals surface area contributed by atoms with Gasteiger partial charge in [0.05, 0.1) is 6.42 Å². The predicted octanol–water partition coefficient (Wildman–Crippen LogP) is 4.32. The number of hydrogen-bond acceptors (Lipinski definition) is 2. The SMILES string of the molecule is CC(C)(C)C/C=C/C=C/COC(=O)Cc1ccccc1. The molecule has 0 aliphatic heterocycles. The van der Waals surface area contributed by atoms with Gasteiger partial charge in [0, 0.05) is 0 Å². The van der Waals surface area contributed by atoms with E-state index in [1.807, 2.05) is 48.6 Å². The van der Waals surface area contributed by atoms with Crippen LogP contribution < -0.4 is 0 Å². The third-order valence-electron chi connectivity index (χ3n) is 2.65. The summed E-state index contributed by atoms with van der Waals surface area (Å²) in [6, 6.07) is 9.62. The molecule has 0 atom stereocenters. The Morgan fingerprint density at radius 1 is 1.10 bits per heavy atom. The van der Waals surface area contributed by atoms with Crippen molar-refractivity contribution in [3.05, 3.63) is 60.2 Å². The molecule has 0 heterocycles. The quantitative estimate of drug-likeness (QED) is 0.569. The number of carbonyl (C=O) groups is 1. The lowest BCUT2D eigenvalue weighted by molar-refractivity contribution is -0.141. The molecular weight excluding hydrogens is 248 g/mol. The van der Waals surface area contributed by atoms with Crippen molar-refractivity contribution in [1.82, 2.24) is 0 Å². The lowest BCUT2D eigenvalue weighted by Gasteiger charge is -2.13. The van der Waals surface area contributed by atoms with Gasteiger partial charge in [-0.05, 0) is 23.5 Å². The largest absolute Gasteiger partial charge is 0.461 e. The van der Waals surface area contributed by atoms with Crippen LogP contribution in [0.3, 0.4) is 0 Å². The van der Waals surface area contributed by atoms with E-state index in [2.05, 4.69) is 26.8 Å². The molecule has 0 aliphatic rings. The van der Waals surface area contributed by atoms with Gasteiger partial charge in [-0.3, -0.25) is 4.79 Å². The van der Waals surface area contributed by atoms with Crippen LogP contribution in [0.5, 0.6) is 0 Å². The van der Waals surface area contributed by atoms with Crippen molar-refractivity contribution in [2.75, 3.05) is 6.61 Å². The summed E-state index contributed by atoms with van der Waals surface area (Å²) in [6.45, 7) is 6.93. The van der Waals surface area contributed by atoms with Crippen LogP contribution in [0, 0.1) is 5.41 Å². The van der Waals surface area contributed by atoms with Crippen molar-refractivity contribution in [3.63, 3.8) is 0 Å². The fourth-order valence-electron chi connectivity index (χ4n) is 1.59. The average Bonchev–Trinajstić information content (AvgIpc) is 2.37. The molecule has 0 saturated carbocycles. The van der Waals surface area contributed by atoms with Crippen molar-refractivity contribution in [2.24, 2.45) is 5.41 Å². The van der Waals surface area contributed by atoms with Gasteiger partial charge in [-0.25, -0.2) is 0 Å². The molecule has 1 rings (SSSR count). The molecule has 20 heavy (non-hydrogen) atoms. The average molecular weight is 272 g/mol. The monoisotopic (exact) mass is 272 g/mol. The highest BCUT2D eigenvalue weighted by Crippen LogP contribution is 2.18. The third kappa shape index (κ3) is 8.30. The summed E-state index contributed by atoms with van der Waals surface area (Å²) in [5.41, 5.74) is 1.29. The van der Waals surface area contributed by atoms with Crippen LogP contribution in [0.2, 0.25) is 0 Å². The van der Waals surface area contributed by atoms with Gasteiger partial charge in [-0.15, -0.1) is 0 Å². The second kappa shape index (κ2) is 8.36. The van der Waals surface area contributed by atoms with Crippen LogP contribution in [0.1, 0.15) is 32.8 Å². The van der Waals surface area contributed by atoms with E-state index in [1.54, 1.807) is 0 Å². The summed E-state index contributed by atoms with van der Waals surface area (Å²) in [4.78, 5) is 11.6. The van der Waals surface area contributed by atoms with Crippen LogP contribution in [0.15, 0.2) is 54.6 Å². The molecule has 0 bridgehead atoms. The first-order valence-corrected chi connectivity index (χ1v) is 6.98. The van der Waals surface area contributed by atoms with Crippen molar-refractivity contribution in [1.29, 1.82) is 0 Å². The number of hydrogen-bond donors (Lipinski definition) is 0. The summed E-state index contributed by atoms with van der Waals surface area (Å²) in [5, 5.41) is 0. The van der Waals surface area contributed by atoms with Gasteiger partial charge < -0.3 is 4.74 Å². The molecule has 108 valence electrons. The van der Waals surface area contributed by atoms with Crippen LogP contribution in [0.4, 0.5) is 0 Å². The van der Waals surface area contributed by atoms with Gasteiger partial charge in [-0.1, -0.05) is 69.3 Å². The Morgan fingerprint density at radius 2 is 1.75 bits per heavy atom. The van der Waals surface area contributed by atoms with Crippen molar-refractivity contribution >= 4 is 5.97 Å². The summed E-state index contributed by atoms with van der Waals surface area (Å²) in [5.74, 6) is -0.195. The molecule has 0 aliphatic carbocycles. The molecule has 0 amide bonds. The Morgan fingerprint density at radius 3 is 2.40 bits per heavy atom. The molecule has 0 unspecified atom stereocenters. The lowest BCUT2D eigenvalue weighted by atomic mass is 9.92. The zero-order chi connectivity index (χ0) is 14.8. The van der Waals surface area contributed by atoms with E-state index in [-0.39, 0.29) is 5.97 Å². The lowest BCUT2D eigenvalue weighted by Crippen LogP contribution is -2.07. The minimum atomic E-state index is -0.195. The molecule has 0 radical (unpaired) electrons. The second-order valence-corrected chi connectivity index (χ2v) is 5.97. The molecule has 1 aromatic carbocycles. The minimum Gasteiger partial charge on any atom is -0.461 e. The van der Waals surface area contributed by atoms with Crippen molar-refractivity contribution < 1.29 is 9.53 Å². The predicted molar refractivity (Wildman–Crippen MR) is 83.5 cm³/mol. The van der Waals surface area contributed by atoms with Crippen LogP contribution in [-0.2, 0) is 16.0 Å². The smallest absolute Gasteiger partial charge is 0.310 e. The maximum absolute atomic E-state index is 11.6. The summed E-state index contributed by atoms with van der Waals surface area (Å²) < 4.78 is 5.13. The number of ether oxygens (including phenoxy) is 1. The van der Waals surface area contributed by atoms with Gasteiger partial charge in [0.2, 0.25) is 0 Å². The Balaban J connectivity index is 2.19. The minimum absolute atomic E-state index is 0.195. The Labute approximate surface area is 122 Å². The molecule has 0 N–H and O–H groups in total. The molecular formula is C18H24O2. The maximum atomic E-state index is 11.6. The molecule has 1 aromatic rings. The topological polar surface area (TPSA) is 26.3 Å². The fraction of sp³-hybridized carbons (Fsp3) is 0.389. The maximum Gasteiger partial charge on any atom is 0.310 e. The van der Waals surface area contributed by atoms with Crippen LogP contribution in [0.25, 0.3) is 0 Å². The Bertz CT molecular complexity index is 450. The molecule has 2 nitrogen and oxygen atoms in total. The Hall–Kier alpha value is -1.83. The van der Waals surface area contributed by atoms with Gasteiger partial charge in [-0.2, -0.15) is 0 Å². The van der Waals surface area contributed by atoms with Gasteiger partial charge in [0.1, 0.15) is 6.61 Å². The highest BCUT2D eigenvalue weighted by atomic mass is 16.5. The van der Waals surface area contributed by atoms with E-state index in [9.17, 15) is 4.79 Å². The van der Waals surface area contributed by atoms with Gasteiger partial charge in [0.25, 0.3) is 0 Å². The number of allylic oxidation sites excluding steroid dienone is 3. The zero-order valence-electron chi connectivity index (χ0n) is 12.6. The summed E-state index contributed by atoms with van der Waals surface area (Å²) in [7, 11) is 0. The number of carbonyl (C=O) groups excluding carboxylic acids is 1. The fourth-order valence-corrected chi connectivity index (χ4v) is 1.59. The van der Waals surface area contributed by atoms with E-state index in [1.165, 1.54) is 0 Å². The van der Waals surface area contributed by atoms with Crippen LogP contribution >= 0.6 is 0 Å². The van der Waals surface area contributed by atoms with Crippen molar-refractivity contribution in [3.8, 4) is 0 Å². The standard InChI is InChI=1S/C18H24O2/c1-18(2,3)13-9-4-5-10-14-20-17(19)15-16-11-7-6-8-12-16/h4-12H,13-15H2,1-3H3/b9-4+,10-5+. The second-order valence-electron chi connectivity index (χ2n) is 5.97. The first kappa shape index (κ1) is 16.2. The van der Waals surface area contributed by atoms with Crippen LogP contribution in [-0.4, -0.2) is 12.6 Å². The molecule has 0 fully saturated rings. The Kier molecular flexibility index (Phi) is 6.78. The van der Waals surface area contributed by atoms with Gasteiger partial charge in [0.15, 0.2) is 0 Å². The molecule has 2 heteroatoms. The molecule has 0 aromatic heterocycles. The highest BCUT2D eigenvalue weighted by Gasteiger charge is 2.05. The summed E-state index contributed by atoms with van der Waals surface area (Å²) >= 11 is 0. The number of rotatable bonds is 6. The van der Waals surface area contributed by atoms with E-state index in [0.717, 1.165) is 12.0 Å². The molecule has 0 spiro atoms. The van der Waals surface area contributed by atoms with E-state index in [0.29, 0.717) is 18.4 Å². The van der Waals surface area contributed by atoms with Gasteiger partial charge >= 0.3 is 5.97 Å². The van der Waals surface area contributed by atoms with E-state index in [4.69, 9.17) is 4.74 Å². The normalized spacial score (nSPS) is 12.2.